The van der Waals surface area contributed by atoms with Crippen LogP contribution in [0.4, 0.5) is 0 Å². The molecule has 1 N–H and O–H groups in total. The van der Waals surface area contributed by atoms with E-state index in [0.29, 0.717) is 0 Å². The largest absolute Gasteiger partial charge is 0.348 e. The van der Waals surface area contributed by atoms with Gasteiger partial charge in [0.15, 0.2) is 0 Å². The maximum atomic E-state index is 4.04. The average Bonchev–Trinajstić information content (AvgIpc) is 2.61. The molecule has 70 valence electrons. The number of aromatic amines is 1. The summed E-state index contributed by atoms with van der Waals surface area (Å²) in [5, 5.41) is 0. The number of aromatic nitrogens is 2. The fourth-order valence-electron chi connectivity index (χ4n) is 2.01. The van der Waals surface area contributed by atoms with E-state index in [9.17, 15) is 0 Å². The van der Waals surface area contributed by atoms with Gasteiger partial charge >= 0.3 is 0 Å². The lowest BCUT2D eigenvalue weighted by atomic mass is 9.85. The van der Waals surface area contributed by atoms with Crippen LogP contribution >= 0.6 is 0 Å². The quantitative estimate of drug-likeness (QED) is 0.689. The molecule has 2 heteroatoms. The molecule has 0 radical (unpaired) electrons. The Labute approximate surface area is 79.1 Å². The smallest absolute Gasteiger partial charge is 0.0921 e. The van der Waals surface area contributed by atoms with Crippen LogP contribution in [0.25, 0.3) is 0 Å². The zero-order valence-corrected chi connectivity index (χ0v) is 8.09. The molecule has 0 amide bonds. The molecule has 0 aromatic carbocycles. The van der Waals surface area contributed by atoms with Crippen molar-refractivity contribution in [1.82, 2.24) is 9.97 Å². The van der Waals surface area contributed by atoms with Gasteiger partial charge in [0.1, 0.15) is 0 Å². The third kappa shape index (κ3) is 2.00. The Hall–Kier alpha value is -1.05. The monoisotopic (exact) mass is 176 g/mol. The van der Waals surface area contributed by atoms with Crippen molar-refractivity contribution in [2.24, 2.45) is 5.92 Å². The molecule has 1 aromatic heterocycles. The first-order valence-electron chi connectivity index (χ1n) is 5.00. The molecule has 1 aromatic rings. The highest BCUT2D eigenvalue weighted by Crippen LogP contribution is 2.26. The molecule has 1 unspecified atom stereocenters. The van der Waals surface area contributed by atoms with E-state index >= 15 is 0 Å². The first-order chi connectivity index (χ1) is 6.36. The summed E-state index contributed by atoms with van der Waals surface area (Å²) < 4.78 is 0. The molecule has 1 aliphatic carbocycles. The fraction of sp³-hybridized carbons (Fsp3) is 0.545. The molecule has 0 bridgehead atoms. The van der Waals surface area contributed by atoms with Crippen LogP contribution in [0.1, 0.15) is 31.9 Å². The van der Waals surface area contributed by atoms with Crippen LogP contribution in [0, 0.1) is 5.92 Å². The maximum Gasteiger partial charge on any atom is 0.0921 e. The summed E-state index contributed by atoms with van der Waals surface area (Å²) in [4.78, 5) is 7.20. The van der Waals surface area contributed by atoms with E-state index in [4.69, 9.17) is 0 Å². The highest BCUT2D eigenvalue weighted by Gasteiger charge is 2.14. The summed E-state index contributed by atoms with van der Waals surface area (Å²) in [5.41, 5.74) is 2.82. The predicted molar refractivity (Wildman–Crippen MR) is 53.4 cm³/mol. The Bertz CT molecular complexity index is 285. The number of allylic oxidation sites excluding steroid dienone is 2. The van der Waals surface area contributed by atoms with Crippen LogP contribution in [0.15, 0.2) is 24.2 Å². The van der Waals surface area contributed by atoms with Crippen molar-refractivity contribution < 1.29 is 0 Å². The molecule has 0 saturated heterocycles. The van der Waals surface area contributed by atoms with Gasteiger partial charge in [-0.2, -0.15) is 0 Å². The highest BCUT2D eigenvalue weighted by atomic mass is 14.9. The van der Waals surface area contributed by atoms with E-state index in [0.717, 1.165) is 12.3 Å². The lowest BCUT2D eigenvalue weighted by Gasteiger charge is -2.20. The Morgan fingerprint density at radius 2 is 2.54 bits per heavy atom. The number of nitrogens with zero attached hydrogens (tertiary/aromatic N) is 1. The zero-order valence-electron chi connectivity index (χ0n) is 8.09. The second-order valence-electron chi connectivity index (χ2n) is 3.86. The first kappa shape index (κ1) is 8.54. The van der Waals surface area contributed by atoms with Crippen LogP contribution in [0.2, 0.25) is 0 Å². The second kappa shape index (κ2) is 3.77. The van der Waals surface area contributed by atoms with Gasteiger partial charge in [0.25, 0.3) is 0 Å². The van der Waals surface area contributed by atoms with Crippen LogP contribution in [-0.2, 0) is 6.42 Å². The normalized spacial score (nSPS) is 22.8. The standard InChI is InChI=1S/C11H16N2/c1-9-4-2-3-5-10(9)6-11-7-12-8-13-11/h4,7-8,10H,2-3,5-6H2,1H3,(H,12,13). The van der Waals surface area contributed by atoms with Gasteiger partial charge in [0.2, 0.25) is 0 Å². The van der Waals surface area contributed by atoms with Gasteiger partial charge in [-0.15, -0.1) is 0 Å². The molecule has 1 atom stereocenters. The summed E-state index contributed by atoms with van der Waals surface area (Å²) in [6.45, 7) is 2.25. The van der Waals surface area contributed by atoms with Gasteiger partial charge in [-0.1, -0.05) is 11.6 Å². The van der Waals surface area contributed by atoms with Crippen molar-refractivity contribution >= 4 is 0 Å². The van der Waals surface area contributed by atoms with Gasteiger partial charge in [-0.25, -0.2) is 4.98 Å². The van der Waals surface area contributed by atoms with Crippen molar-refractivity contribution in [2.75, 3.05) is 0 Å². The van der Waals surface area contributed by atoms with Crippen LogP contribution < -0.4 is 0 Å². The molecule has 0 aliphatic heterocycles. The van der Waals surface area contributed by atoms with Crippen LogP contribution in [-0.4, -0.2) is 9.97 Å². The summed E-state index contributed by atoms with van der Waals surface area (Å²) in [7, 11) is 0. The Balaban J connectivity index is 2.02. The SMILES string of the molecule is CC1=CCCCC1Cc1cnc[nH]1. The maximum absolute atomic E-state index is 4.04. The number of hydrogen-bond acceptors (Lipinski definition) is 1. The fourth-order valence-corrected chi connectivity index (χ4v) is 2.01. The average molecular weight is 176 g/mol. The number of H-pyrrole nitrogens is 1. The minimum Gasteiger partial charge on any atom is -0.348 e. The van der Waals surface area contributed by atoms with Gasteiger partial charge in [-0.3, -0.25) is 0 Å². The second-order valence-corrected chi connectivity index (χ2v) is 3.86. The molecule has 0 saturated carbocycles. The van der Waals surface area contributed by atoms with Crippen molar-refractivity contribution in [1.29, 1.82) is 0 Å². The number of imidazole rings is 1. The minimum atomic E-state index is 0.745. The van der Waals surface area contributed by atoms with Gasteiger partial charge in [-0.05, 0) is 38.5 Å². The Morgan fingerprint density at radius 3 is 3.23 bits per heavy atom. The lowest BCUT2D eigenvalue weighted by molar-refractivity contribution is 0.504. The van der Waals surface area contributed by atoms with Crippen LogP contribution in [0.3, 0.4) is 0 Å². The minimum absolute atomic E-state index is 0.745. The van der Waals surface area contributed by atoms with E-state index < -0.39 is 0 Å². The topological polar surface area (TPSA) is 28.7 Å². The summed E-state index contributed by atoms with van der Waals surface area (Å²) in [6.07, 6.45) is 11.1. The predicted octanol–water partition coefficient (Wildman–Crippen LogP) is 2.70. The Morgan fingerprint density at radius 1 is 1.62 bits per heavy atom. The first-order valence-corrected chi connectivity index (χ1v) is 5.00. The third-order valence-corrected chi connectivity index (χ3v) is 2.89. The van der Waals surface area contributed by atoms with E-state index in [1.165, 1.54) is 25.0 Å². The van der Waals surface area contributed by atoms with Crippen molar-refractivity contribution in [3.63, 3.8) is 0 Å². The van der Waals surface area contributed by atoms with Gasteiger partial charge < -0.3 is 4.98 Å². The van der Waals surface area contributed by atoms with Gasteiger partial charge in [0, 0.05) is 11.9 Å². The van der Waals surface area contributed by atoms with Crippen molar-refractivity contribution in [2.45, 2.75) is 32.6 Å². The molecule has 2 nitrogen and oxygen atoms in total. The van der Waals surface area contributed by atoms with Crippen molar-refractivity contribution in [3.8, 4) is 0 Å². The van der Waals surface area contributed by atoms with E-state index in [2.05, 4.69) is 23.0 Å². The van der Waals surface area contributed by atoms with E-state index in [1.807, 2.05) is 6.20 Å². The zero-order chi connectivity index (χ0) is 9.10. The summed E-state index contributed by atoms with van der Waals surface area (Å²) in [6, 6.07) is 0. The summed E-state index contributed by atoms with van der Waals surface area (Å²) in [5.74, 6) is 0.745. The van der Waals surface area contributed by atoms with Crippen molar-refractivity contribution in [3.05, 3.63) is 29.9 Å². The molecule has 0 spiro atoms. The number of rotatable bonds is 2. The highest BCUT2D eigenvalue weighted by molar-refractivity contribution is 5.10. The molecular weight excluding hydrogens is 160 g/mol. The molecular formula is C11H16N2. The number of nitrogens with one attached hydrogen (secondary N) is 1. The Kier molecular flexibility index (Phi) is 2.48. The third-order valence-electron chi connectivity index (χ3n) is 2.89. The molecule has 13 heavy (non-hydrogen) atoms. The summed E-state index contributed by atoms with van der Waals surface area (Å²) >= 11 is 0. The van der Waals surface area contributed by atoms with E-state index in [1.54, 1.807) is 11.9 Å². The van der Waals surface area contributed by atoms with Gasteiger partial charge in [0.05, 0.1) is 6.33 Å². The lowest BCUT2D eigenvalue weighted by Crippen LogP contribution is -2.09. The molecule has 1 heterocycles. The molecule has 2 rings (SSSR count). The number of hydrogen-bond donors (Lipinski definition) is 1. The van der Waals surface area contributed by atoms with Crippen LogP contribution in [0.5, 0.6) is 0 Å². The van der Waals surface area contributed by atoms with E-state index in [-0.39, 0.29) is 0 Å². The molecule has 0 fully saturated rings. The molecule has 1 aliphatic rings.